The van der Waals surface area contributed by atoms with E-state index in [-0.39, 0.29) is 11.8 Å². The molecule has 1 amide bonds. The summed E-state index contributed by atoms with van der Waals surface area (Å²) in [5, 5.41) is 4.83. The number of hydrogen-bond donors (Lipinski definition) is 0. The van der Waals surface area contributed by atoms with E-state index in [1.165, 1.54) is 6.33 Å². The van der Waals surface area contributed by atoms with Crippen LogP contribution in [0.3, 0.4) is 0 Å². The highest BCUT2D eigenvalue weighted by Crippen LogP contribution is 2.29. The van der Waals surface area contributed by atoms with Crippen LogP contribution in [0.5, 0.6) is 0 Å². The van der Waals surface area contributed by atoms with E-state index in [9.17, 15) is 4.79 Å². The topological polar surface area (TPSA) is 75.4 Å². The fourth-order valence-corrected chi connectivity index (χ4v) is 3.31. The van der Waals surface area contributed by atoms with Crippen molar-refractivity contribution in [3.63, 3.8) is 0 Å². The molecule has 1 aliphatic rings. The van der Waals surface area contributed by atoms with Gasteiger partial charge in [-0.3, -0.25) is 4.79 Å². The first kappa shape index (κ1) is 15.7. The minimum atomic E-state index is 0.0221. The minimum absolute atomic E-state index is 0.0221. The van der Waals surface area contributed by atoms with Gasteiger partial charge in [-0.15, -0.1) is 0 Å². The van der Waals surface area contributed by atoms with Crippen LogP contribution in [0.2, 0.25) is 0 Å². The lowest BCUT2D eigenvalue weighted by Gasteiger charge is -2.35. The normalized spacial score (nSPS) is 18.4. The third-order valence-corrected chi connectivity index (χ3v) is 4.57. The first-order chi connectivity index (χ1) is 11.2. The first-order valence-corrected chi connectivity index (χ1v) is 8.26. The lowest BCUT2D eigenvalue weighted by Crippen LogP contribution is -2.45. The van der Waals surface area contributed by atoms with Crippen LogP contribution in [0.4, 0.5) is 5.82 Å². The maximum Gasteiger partial charge on any atom is 0.263 e. The van der Waals surface area contributed by atoms with Crippen LogP contribution in [-0.2, 0) is 4.79 Å². The number of hydrogen-bond acceptors (Lipinski definition) is 6. The number of rotatable bonds is 4. The SMILES string of the molecule is CCN(CC)C(=O)C1CCCN(c2ncnc3onc(C)c23)C1. The Bertz CT molecular complexity index is 695. The van der Waals surface area contributed by atoms with Crippen molar-refractivity contribution in [3.8, 4) is 0 Å². The number of aromatic nitrogens is 3. The maximum atomic E-state index is 12.7. The molecule has 1 unspecified atom stereocenters. The van der Waals surface area contributed by atoms with E-state index in [1.807, 2.05) is 25.7 Å². The van der Waals surface area contributed by atoms with Crippen molar-refractivity contribution >= 4 is 22.8 Å². The molecular weight excluding hydrogens is 294 g/mol. The van der Waals surface area contributed by atoms with E-state index >= 15 is 0 Å². The molecule has 0 bridgehead atoms. The van der Waals surface area contributed by atoms with Gasteiger partial charge in [-0.05, 0) is 33.6 Å². The molecule has 7 heteroatoms. The van der Waals surface area contributed by atoms with E-state index in [0.29, 0.717) is 12.3 Å². The molecule has 1 saturated heterocycles. The van der Waals surface area contributed by atoms with Crippen molar-refractivity contribution in [2.75, 3.05) is 31.1 Å². The van der Waals surface area contributed by atoms with E-state index in [1.54, 1.807) is 0 Å². The largest absolute Gasteiger partial charge is 0.355 e. The Balaban J connectivity index is 1.86. The smallest absolute Gasteiger partial charge is 0.263 e. The third-order valence-electron chi connectivity index (χ3n) is 4.57. The van der Waals surface area contributed by atoms with Crippen molar-refractivity contribution in [3.05, 3.63) is 12.0 Å². The number of amides is 1. The highest BCUT2D eigenvalue weighted by Gasteiger charge is 2.30. The van der Waals surface area contributed by atoms with Crippen LogP contribution in [0.25, 0.3) is 11.1 Å². The summed E-state index contributed by atoms with van der Waals surface area (Å²) in [6.45, 7) is 9.03. The van der Waals surface area contributed by atoms with Crippen molar-refractivity contribution in [2.24, 2.45) is 5.92 Å². The molecule has 3 heterocycles. The zero-order valence-electron chi connectivity index (χ0n) is 13.9. The van der Waals surface area contributed by atoms with Gasteiger partial charge in [0.05, 0.1) is 11.6 Å². The summed E-state index contributed by atoms with van der Waals surface area (Å²) in [6, 6.07) is 0. The third kappa shape index (κ3) is 2.87. The fraction of sp³-hybridized carbons (Fsp3) is 0.625. The zero-order chi connectivity index (χ0) is 16.4. The van der Waals surface area contributed by atoms with Crippen LogP contribution in [0.1, 0.15) is 32.4 Å². The second-order valence-electron chi connectivity index (χ2n) is 5.94. The molecule has 124 valence electrons. The summed E-state index contributed by atoms with van der Waals surface area (Å²) < 4.78 is 5.22. The maximum absolute atomic E-state index is 12.7. The van der Waals surface area contributed by atoms with E-state index < -0.39 is 0 Å². The summed E-state index contributed by atoms with van der Waals surface area (Å²) >= 11 is 0. The first-order valence-electron chi connectivity index (χ1n) is 8.26. The highest BCUT2D eigenvalue weighted by molar-refractivity contribution is 5.88. The van der Waals surface area contributed by atoms with Crippen molar-refractivity contribution < 1.29 is 9.32 Å². The van der Waals surface area contributed by atoms with Gasteiger partial charge in [0.2, 0.25) is 5.91 Å². The Morgan fingerprint density at radius 3 is 2.91 bits per heavy atom. The summed E-state index contributed by atoms with van der Waals surface area (Å²) in [4.78, 5) is 25.3. The molecule has 0 spiro atoms. The summed E-state index contributed by atoms with van der Waals surface area (Å²) in [7, 11) is 0. The Hall–Kier alpha value is -2.18. The molecule has 7 nitrogen and oxygen atoms in total. The quantitative estimate of drug-likeness (QED) is 0.858. The van der Waals surface area contributed by atoms with Gasteiger partial charge in [-0.2, -0.15) is 4.98 Å². The Labute approximate surface area is 135 Å². The molecule has 0 aliphatic carbocycles. The number of nitrogens with zero attached hydrogens (tertiary/aromatic N) is 5. The monoisotopic (exact) mass is 317 g/mol. The van der Waals surface area contributed by atoms with Crippen LogP contribution >= 0.6 is 0 Å². The number of fused-ring (bicyclic) bond motifs is 1. The average molecular weight is 317 g/mol. The van der Waals surface area contributed by atoms with Gasteiger partial charge < -0.3 is 14.3 Å². The molecule has 2 aromatic rings. The molecule has 0 N–H and O–H groups in total. The van der Waals surface area contributed by atoms with Gasteiger partial charge >= 0.3 is 0 Å². The van der Waals surface area contributed by atoms with Crippen LogP contribution in [0.15, 0.2) is 10.9 Å². The predicted octanol–water partition coefficient (Wildman–Crippen LogP) is 2.01. The van der Waals surface area contributed by atoms with Gasteiger partial charge in [0, 0.05) is 26.2 Å². The van der Waals surface area contributed by atoms with Gasteiger partial charge in [0.15, 0.2) is 0 Å². The Morgan fingerprint density at radius 1 is 1.39 bits per heavy atom. The number of carbonyl (C=O) groups is 1. The van der Waals surface area contributed by atoms with Crippen LogP contribution in [-0.4, -0.2) is 52.1 Å². The second kappa shape index (κ2) is 6.52. The van der Waals surface area contributed by atoms with Crippen molar-refractivity contribution in [1.82, 2.24) is 20.0 Å². The average Bonchev–Trinajstić information content (AvgIpc) is 2.97. The molecule has 1 fully saturated rings. The van der Waals surface area contributed by atoms with Crippen LogP contribution < -0.4 is 4.90 Å². The molecule has 0 radical (unpaired) electrons. The molecule has 0 saturated carbocycles. The Kier molecular flexibility index (Phi) is 4.45. The lowest BCUT2D eigenvalue weighted by atomic mass is 9.96. The predicted molar refractivity (Wildman–Crippen MR) is 87.2 cm³/mol. The van der Waals surface area contributed by atoms with Crippen molar-refractivity contribution in [1.29, 1.82) is 0 Å². The number of carbonyl (C=O) groups excluding carboxylic acids is 1. The van der Waals surface area contributed by atoms with Crippen LogP contribution in [0, 0.1) is 12.8 Å². The van der Waals surface area contributed by atoms with Gasteiger partial charge in [-0.25, -0.2) is 4.98 Å². The summed E-state index contributed by atoms with van der Waals surface area (Å²) in [6.07, 6.45) is 3.41. The molecule has 2 aromatic heterocycles. The number of anilines is 1. The minimum Gasteiger partial charge on any atom is -0.355 e. The zero-order valence-corrected chi connectivity index (χ0v) is 13.9. The highest BCUT2D eigenvalue weighted by atomic mass is 16.5. The van der Waals surface area contributed by atoms with Gasteiger partial charge in [-0.1, -0.05) is 5.16 Å². The van der Waals surface area contributed by atoms with E-state index in [0.717, 1.165) is 49.4 Å². The van der Waals surface area contributed by atoms with Crippen molar-refractivity contribution in [2.45, 2.75) is 33.6 Å². The number of aryl methyl sites for hydroxylation is 1. The Morgan fingerprint density at radius 2 is 2.17 bits per heavy atom. The van der Waals surface area contributed by atoms with Gasteiger partial charge in [0.1, 0.15) is 17.5 Å². The molecule has 1 aliphatic heterocycles. The van der Waals surface area contributed by atoms with E-state index in [4.69, 9.17) is 4.52 Å². The summed E-state index contributed by atoms with van der Waals surface area (Å²) in [5.41, 5.74) is 1.29. The molecule has 3 rings (SSSR count). The lowest BCUT2D eigenvalue weighted by molar-refractivity contribution is -0.135. The second-order valence-corrected chi connectivity index (χ2v) is 5.94. The standard InChI is InChI=1S/C16H23N5O2/c1-4-20(5-2)16(22)12-7-6-8-21(9-12)14-13-11(3)19-23-15(13)18-10-17-14/h10,12H,4-9H2,1-3H3. The van der Waals surface area contributed by atoms with Gasteiger partial charge in [0.25, 0.3) is 5.71 Å². The molecular formula is C16H23N5O2. The molecule has 23 heavy (non-hydrogen) atoms. The van der Waals surface area contributed by atoms with E-state index in [2.05, 4.69) is 20.0 Å². The molecule has 1 atom stereocenters. The molecule has 0 aromatic carbocycles. The fourth-order valence-electron chi connectivity index (χ4n) is 3.31. The number of piperidine rings is 1. The summed E-state index contributed by atoms with van der Waals surface area (Å²) in [5.74, 6) is 1.09.